The Balaban J connectivity index is 2.05. The van der Waals surface area contributed by atoms with Crippen molar-refractivity contribution in [2.75, 3.05) is 23.3 Å². The molecule has 0 radical (unpaired) electrons. The van der Waals surface area contributed by atoms with Gasteiger partial charge in [-0.3, -0.25) is 9.10 Å². The molecule has 0 bridgehead atoms. The molecule has 0 aliphatic carbocycles. The number of hydrogen-bond acceptors (Lipinski definition) is 4. The van der Waals surface area contributed by atoms with Gasteiger partial charge in [-0.1, -0.05) is 49.7 Å². The van der Waals surface area contributed by atoms with Crippen LogP contribution in [0.2, 0.25) is 5.02 Å². The molecule has 3 aromatic rings. The van der Waals surface area contributed by atoms with E-state index in [-0.39, 0.29) is 16.6 Å². The molecule has 0 saturated heterocycles. The summed E-state index contributed by atoms with van der Waals surface area (Å²) in [5.41, 5.74) is 3.65. The molecule has 1 N–H and O–H groups in total. The summed E-state index contributed by atoms with van der Waals surface area (Å²) < 4.78 is 34.0. The second-order valence-corrected chi connectivity index (χ2v) is 10.7. The van der Waals surface area contributed by atoms with Gasteiger partial charge >= 0.3 is 0 Å². The smallest absolute Gasteiger partial charge is 0.268 e. The van der Waals surface area contributed by atoms with Crippen LogP contribution in [0.4, 0.5) is 11.4 Å². The molecule has 0 aromatic heterocycles. The van der Waals surface area contributed by atoms with Crippen molar-refractivity contribution in [1.82, 2.24) is 0 Å². The number of nitrogens with one attached hydrogen (secondary N) is 1. The number of para-hydroxylation sites is 1. The van der Waals surface area contributed by atoms with E-state index in [1.807, 2.05) is 39.0 Å². The molecular weight excluding hydrogens is 472 g/mol. The van der Waals surface area contributed by atoms with Gasteiger partial charge in [0.1, 0.15) is 17.2 Å². The van der Waals surface area contributed by atoms with Crippen molar-refractivity contribution in [2.24, 2.45) is 0 Å². The number of sulfonamides is 1. The van der Waals surface area contributed by atoms with E-state index in [0.717, 1.165) is 21.0 Å². The number of carbonyl (C=O) groups excluding carboxylic acids is 1. The predicted octanol–water partition coefficient (Wildman–Crippen LogP) is 5.92. The van der Waals surface area contributed by atoms with Gasteiger partial charge in [0.05, 0.1) is 12.8 Å². The van der Waals surface area contributed by atoms with E-state index in [0.29, 0.717) is 16.4 Å². The summed E-state index contributed by atoms with van der Waals surface area (Å²) in [6.45, 7) is 7.36. The maximum atomic E-state index is 13.8. The number of nitrogens with zero attached hydrogens (tertiary/aromatic N) is 1. The van der Waals surface area contributed by atoms with E-state index in [1.165, 1.54) is 13.2 Å². The van der Waals surface area contributed by atoms with E-state index in [2.05, 4.69) is 5.32 Å². The zero-order valence-corrected chi connectivity index (χ0v) is 21.5. The highest BCUT2D eigenvalue weighted by atomic mass is 35.5. The molecule has 0 fully saturated rings. The van der Waals surface area contributed by atoms with Gasteiger partial charge in [0.15, 0.2) is 0 Å². The van der Waals surface area contributed by atoms with Crippen LogP contribution in [0.5, 0.6) is 5.75 Å². The fourth-order valence-corrected chi connectivity index (χ4v) is 5.47. The monoisotopic (exact) mass is 500 g/mol. The van der Waals surface area contributed by atoms with Gasteiger partial charge in [0.2, 0.25) is 5.91 Å². The standard InChI is InChI=1S/C26H29ClN2O4S/c1-17(2)22-8-6-7-19(4)26(22)28-25(30)16-29(21-12-10-20(27)11-13-21)34(31,32)24-15-18(3)9-14-23(24)33-5/h6-15,17H,16H2,1-5H3,(H,28,30). The first-order valence-electron chi connectivity index (χ1n) is 10.9. The van der Waals surface area contributed by atoms with Crippen LogP contribution < -0.4 is 14.4 Å². The lowest BCUT2D eigenvalue weighted by atomic mass is 9.98. The van der Waals surface area contributed by atoms with Crippen LogP contribution in [0, 0.1) is 13.8 Å². The van der Waals surface area contributed by atoms with Crippen molar-refractivity contribution < 1.29 is 17.9 Å². The van der Waals surface area contributed by atoms with Gasteiger partial charge in [0, 0.05) is 10.7 Å². The summed E-state index contributed by atoms with van der Waals surface area (Å²) in [4.78, 5) is 13.2. The van der Waals surface area contributed by atoms with Gasteiger partial charge in [-0.2, -0.15) is 0 Å². The molecule has 3 aromatic carbocycles. The lowest BCUT2D eigenvalue weighted by Gasteiger charge is -2.26. The number of halogens is 1. The fourth-order valence-electron chi connectivity index (χ4n) is 3.68. The van der Waals surface area contributed by atoms with Crippen LogP contribution in [0.15, 0.2) is 65.6 Å². The highest BCUT2D eigenvalue weighted by Crippen LogP contribution is 2.32. The molecular formula is C26H29ClN2O4S. The van der Waals surface area contributed by atoms with Crippen LogP contribution in [-0.2, 0) is 14.8 Å². The summed E-state index contributed by atoms with van der Waals surface area (Å²) in [6, 6.07) is 17.0. The highest BCUT2D eigenvalue weighted by Gasteiger charge is 2.30. The minimum absolute atomic E-state index is 0.0171. The Labute approximate surface area is 206 Å². The predicted molar refractivity (Wildman–Crippen MR) is 138 cm³/mol. The third kappa shape index (κ3) is 5.54. The van der Waals surface area contributed by atoms with E-state index in [1.54, 1.807) is 43.3 Å². The first kappa shape index (κ1) is 25.6. The average Bonchev–Trinajstić information content (AvgIpc) is 2.79. The number of amides is 1. The topological polar surface area (TPSA) is 75.7 Å². The van der Waals surface area contributed by atoms with Gasteiger partial charge in [0.25, 0.3) is 10.0 Å². The first-order valence-corrected chi connectivity index (χ1v) is 12.7. The Morgan fingerprint density at radius 2 is 1.74 bits per heavy atom. The van der Waals surface area contributed by atoms with Crippen LogP contribution in [0.25, 0.3) is 0 Å². The van der Waals surface area contributed by atoms with E-state index in [4.69, 9.17) is 16.3 Å². The van der Waals surface area contributed by atoms with Gasteiger partial charge in [-0.25, -0.2) is 8.42 Å². The first-order chi connectivity index (χ1) is 16.0. The number of carbonyl (C=O) groups is 1. The third-order valence-corrected chi connectivity index (χ3v) is 7.53. The normalized spacial score (nSPS) is 11.4. The van der Waals surface area contributed by atoms with Crippen molar-refractivity contribution >= 4 is 38.9 Å². The van der Waals surface area contributed by atoms with Gasteiger partial charge in [-0.15, -0.1) is 0 Å². The molecule has 0 atom stereocenters. The molecule has 8 heteroatoms. The number of aryl methyl sites for hydroxylation is 2. The van der Waals surface area contributed by atoms with Gasteiger partial charge < -0.3 is 10.1 Å². The van der Waals surface area contributed by atoms with Crippen LogP contribution in [-0.4, -0.2) is 28.0 Å². The number of benzene rings is 3. The Bertz CT molecular complexity index is 1290. The zero-order chi connectivity index (χ0) is 25.0. The van der Waals surface area contributed by atoms with E-state index < -0.39 is 22.5 Å². The SMILES string of the molecule is COc1ccc(C)cc1S(=O)(=O)N(CC(=O)Nc1c(C)cccc1C(C)C)c1ccc(Cl)cc1. The lowest BCUT2D eigenvalue weighted by molar-refractivity contribution is -0.114. The Kier molecular flexibility index (Phi) is 7.89. The molecule has 1 amide bonds. The average molecular weight is 501 g/mol. The minimum Gasteiger partial charge on any atom is -0.495 e. The molecule has 0 unspecified atom stereocenters. The maximum absolute atomic E-state index is 13.8. The Hall–Kier alpha value is -3.03. The number of anilines is 2. The zero-order valence-electron chi connectivity index (χ0n) is 19.9. The number of methoxy groups -OCH3 is 1. The van der Waals surface area contributed by atoms with Crippen molar-refractivity contribution in [1.29, 1.82) is 0 Å². The van der Waals surface area contributed by atoms with Crippen LogP contribution >= 0.6 is 11.6 Å². The molecule has 0 aliphatic heterocycles. The molecule has 180 valence electrons. The van der Waals surface area contributed by atoms with E-state index >= 15 is 0 Å². The fraction of sp³-hybridized carbons (Fsp3) is 0.269. The number of rotatable bonds is 8. The largest absolute Gasteiger partial charge is 0.495 e. The maximum Gasteiger partial charge on any atom is 0.268 e. The van der Waals surface area contributed by atoms with Gasteiger partial charge in [-0.05, 0) is 72.9 Å². The lowest BCUT2D eigenvalue weighted by Crippen LogP contribution is -2.38. The van der Waals surface area contributed by atoms with Crippen molar-refractivity contribution in [2.45, 2.75) is 38.5 Å². The molecule has 3 rings (SSSR count). The summed E-state index contributed by atoms with van der Waals surface area (Å²) in [7, 11) is -2.74. The number of hydrogen-bond donors (Lipinski definition) is 1. The summed E-state index contributed by atoms with van der Waals surface area (Å²) in [5.74, 6) is -0.0739. The molecule has 0 heterocycles. The molecule has 0 spiro atoms. The third-order valence-electron chi connectivity index (χ3n) is 5.48. The Morgan fingerprint density at radius 1 is 1.06 bits per heavy atom. The molecule has 6 nitrogen and oxygen atoms in total. The molecule has 0 saturated carbocycles. The molecule has 0 aliphatic rings. The molecule has 34 heavy (non-hydrogen) atoms. The second-order valence-electron chi connectivity index (χ2n) is 8.38. The summed E-state index contributed by atoms with van der Waals surface area (Å²) >= 11 is 6.03. The second kappa shape index (κ2) is 10.5. The van der Waals surface area contributed by atoms with E-state index in [9.17, 15) is 13.2 Å². The van der Waals surface area contributed by atoms with Crippen molar-refractivity contribution in [3.8, 4) is 5.75 Å². The summed E-state index contributed by atoms with van der Waals surface area (Å²) in [6.07, 6.45) is 0. The van der Waals surface area contributed by atoms with Crippen LogP contribution in [0.3, 0.4) is 0 Å². The van der Waals surface area contributed by atoms with Crippen LogP contribution in [0.1, 0.15) is 36.5 Å². The summed E-state index contributed by atoms with van der Waals surface area (Å²) in [5, 5.41) is 3.39. The number of ether oxygens (including phenoxy) is 1. The minimum atomic E-state index is -4.15. The van der Waals surface area contributed by atoms with Crippen molar-refractivity contribution in [3.05, 3.63) is 82.4 Å². The quantitative estimate of drug-likeness (QED) is 0.416. The highest BCUT2D eigenvalue weighted by molar-refractivity contribution is 7.93. The van der Waals surface area contributed by atoms with Crippen molar-refractivity contribution in [3.63, 3.8) is 0 Å². The Morgan fingerprint density at radius 3 is 2.35 bits per heavy atom.